The van der Waals surface area contributed by atoms with Crippen LogP contribution in [0.1, 0.15) is 59.8 Å². The fourth-order valence-corrected chi connectivity index (χ4v) is 4.00. The van der Waals surface area contributed by atoms with Gasteiger partial charge in [0, 0.05) is 31.7 Å². The maximum absolute atomic E-state index is 3.79. The molecule has 0 spiro atoms. The molecule has 5 unspecified atom stereocenters. The summed E-state index contributed by atoms with van der Waals surface area (Å²) in [4.78, 5) is 2.82. The van der Waals surface area contributed by atoms with Gasteiger partial charge in [-0.2, -0.15) is 0 Å². The lowest BCUT2D eigenvalue weighted by Crippen LogP contribution is -2.58. The van der Waals surface area contributed by atoms with E-state index in [1.807, 2.05) is 0 Å². The minimum atomic E-state index is 0.714. The van der Waals surface area contributed by atoms with Crippen molar-refractivity contribution in [1.82, 2.24) is 10.2 Å². The normalized spacial score (nSPS) is 38.5. The quantitative estimate of drug-likeness (QED) is 0.819. The maximum atomic E-state index is 3.79. The van der Waals surface area contributed by atoms with E-state index in [2.05, 4.69) is 37.9 Å². The Kier molecular flexibility index (Phi) is 5.70. The Balaban J connectivity index is 1.90. The SMILES string of the molecule is CCC(C)C1CN(CC2CCC(C)C2)C(CC)CN1. The van der Waals surface area contributed by atoms with E-state index in [4.69, 9.17) is 0 Å². The Morgan fingerprint density at radius 1 is 1.26 bits per heavy atom. The summed E-state index contributed by atoms with van der Waals surface area (Å²) in [5, 5.41) is 3.79. The van der Waals surface area contributed by atoms with Crippen molar-refractivity contribution in [3.8, 4) is 0 Å². The Morgan fingerprint density at radius 3 is 2.63 bits per heavy atom. The Labute approximate surface area is 120 Å². The van der Waals surface area contributed by atoms with Gasteiger partial charge in [0.1, 0.15) is 0 Å². The van der Waals surface area contributed by atoms with Crippen LogP contribution < -0.4 is 5.32 Å². The molecule has 5 atom stereocenters. The Morgan fingerprint density at radius 2 is 2.05 bits per heavy atom. The van der Waals surface area contributed by atoms with Gasteiger partial charge in [-0.1, -0.05) is 40.5 Å². The van der Waals surface area contributed by atoms with Crippen LogP contribution in [0.2, 0.25) is 0 Å². The first-order chi connectivity index (χ1) is 9.13. The molecule has 0 radical (unpaired) electrons. The molecule has 0 aromatic heterocycles. The molecular formula is C17H34N2. The van der Waals surface area contributed by atoms with Crippen molar-refractivity contribution in [3.05, 3.63) is 0 Å². The zero-order valence-corrected chi connectivity index (χ0v) is 13.5. The van der Waals surface area contributed by atoms with Gasteiger partial charge in [0.15, 0.2) is 0 Å². The smallest absolute Gasteiger partial charge is 0.0221 e. The van der Waals surface area contributed by atoms with E-state index in [0.717, 1.165) is 23.8 Å². The zero-order chi connectivity index (χ0) is 13.8. The van der Waals surface area contributed by atoms with Crippen molar-refractivity contribution in [2.75, 3.05) is 19.6 Å². The second-order valence-corrected chi connectivity index (χ2v) is 7.20. The molecule has 1 heterocycles. The summed E-state index contributed by atoms with van der Waals surface area (Å²) in [7, 11) is 0. The van der Waals surface area contributed by atoms with Gasteiger partial charge in [0.05, 0.1) is 0 Å². The fourth-order valence-electron chi connectivity index (χ4n) is 4.00. The van der Waals surface area contributed by atoms with Crippen LogP contribution in [0, 0.1) is 17.8 Å². The lowest BCUT2D eigenvalue weighted by atomic mass is 9.93. The Hall–Kier alpha value is -0.0800. The lowest BCUT2D eigenvalue weighted by molar-refractivity contribution is 0.0896. The van der Waals surface area contributed by atoms with Crippen molar-refractivity contribution in [1.29, 1.82) is 0 Å². The summed E-state index contributed by atoms with van der Waals surface area (Å²) in [5.74, 6) is 2.75. The van der Waals surface area contributed by atoms with E-state index in [0.29, 0.717) is 6.04 Å². The highest BCUT2D eigenvalue weighted by Gasteiger charge is 2.32. The van der Waals surface area contributed by atoms with Crippen molar-refractivity contribution in [2.24, 2.45) is 17.8 Å². The van der Waals surface area contributed by atoms with Crippen LogP contribution in [0.15, 0.2) is 0 Å². The summed E-state index contributed by atoms with van der Waals surface area (Å²) in [6.07, 6.45) is 6.98. The summed E-state index contributed by atoms with van der Waals surface area (Å²) >= 11 is 0. The summed E-state index contributed by atoms with van der Waals surface area (Å²) in [6, 6.07) is 1.49. The predicted molar refractivity (Wildman–Crippen MR) is 83.4 cm³/mol. The van der Waals surface area contributed by atoms with Crippen LogP contribution in [0.5, 0.6) is 0 Å². The van der Waals surface area contributed by atoms with Gasteiger partial charge in [-0.3, -0.25) is 4.90 Å². The highest BCUT2D eigenvalue weighted by Crippen LogP contribution is 2.32. The molecule has 1 saturated heterocycles. The van der Waals surface area contributed by atoms with Crippen LogP contribution in [0.3, 0.4) is 0 Å². The zero-order valence-electron chi connectivity index (χ0n) is 13.5. The molecule has 0 bridgehead atoms. The van der Waals surface area contributed by atoms with E-state index in [1.54, 1.807) is 0 Å². The van der Waals surface area contributed by atoms with E-state index in [9.17, 15) is 0 Å². The molecule has 2 fully saturated rings. The van der Waals surface area contributed by atoms with Crippen molar-refractivity contribution < 1.29 is 0 Å². The average Bonchev–Trinajstić information content (AvgIpc) is 2.83. The largest absolute Gasteiger partial charge is 0.311 e. The molecule has 2 rings (SSSR count). The van der Waals surface area contributed by atoms with E-state index >= 15 is 0 Å². The van der Waals surface area contributed by atoms with E-state index in [-0.39, 0.29) is 0 Å². The molecular weight excluding hydrogens is 232 g/mol. The van der Waals surface area contributed by atoms with Crippen LogP contribution in [0.25, 0.3) is 0 Å². The lowest BCUT2D eigenvalue weighted by Gasteiger charge is -2.43. The van der Waals surface area contributed by atoms with Gasteiger partial charge < -0.3 is 5.32 Å². The first-order valence-electron chi connectivity index (χ1n) is 8.61. The van der Waals surface area contributed by atoms with Crippen molar-refractivity contribution in [2.45, 2.75) is 71.9 Å². The molecule has 1 saturated carbocycles. The molecule has 2 aliphatic rings. The van der Waals surface area contributed by atoms with Gasteiger partial charge in [-0.05, 0) is 37.0 Å². The average molecular weight is 266 g/mol. The number of hydrogen-bond donors (Lipinski definition) is 1. The second kappa shape index (κ2) is 7.08. The number of nitrogens with one attached hydrogen (secondary N) is 1. The minimum absolute atomic E-state index is 0.714. The fraction of sp³-hybridized carbons (Fsp3) is 1.00. The third-order valence-electron chi connectivity index (χ3n) is 5.66. The molecule has 1 N–H and O–H groups in total. The van der Waals surface area contributed by atoms with Gasteiger partial charge >= 0.3 is 0 Å². The highest BCUT2D eigenvalue weighted by atomic mass is 15.2. The summed E-state index contributed by atoms with van der Waals surface area (Å²) < 4.78 is 0. The van der Waals surface area contributed by atoms with Crippen LogP contribution >= 0.6 is 0 Å². The molecule has 2 nitrogen and oxygen atoms in total. The predicted octanol–water partition coefficient (Wildman–Crippen LogP) is 3.52. The van der Waals surface area contributed by atoms with Crippen molar-refractivity contribution >= 4 is 0 Å². The second-order valence-electron chi connectivity index (χ2n) is 7.20. The van der Waals surface area contributed by atoms with Gasteiger partial charge in [0.2, 0.25) is 0 Å². The van der Waals surface area contributed by atoms with E-state index < -0.39 is 0 Å². The summed E-state index contributed by atoms with van der Waals surface area (Å²) in [5.41, 5.74) is 0. The summed E-state index contributed by atoms with van der Waals surface area (Å²) in [6.45, 7) is 13.3. The molecule has 112 valence electrons. The number of piperazine rings is 1. The van der Waals surface area contributed by atoms with Crippen LogP contribution in [-0.2, 0) is 0 Å². The minimum Gasteiger partial charge on any atom is -0.311 e. The number of rotatable bonds is 5. The third kappa shape index (κ3) is 3.95. The van der Waals surface area contributed by atoms with Gasteiger partial charge in [0.25, 0.3) is 0 Å². The topological polar surface area (TPSA) is 15.3 Å². The van der Waals surface area contributed by atoms with E-state index in [1.165, 1.54) is 51.7 Å². The molecule has 0 amide bonds. The Bertz CT molecular complexity index is 264. The molecule has 19 heavy (non-hydrogen) atoms. The first kappa shape index (κ1) is 15.3. The third-order valence-corrected chi connectivity index (χ3v) is 5.66. The van der Waals surface area contributed by atoms with Gasteiger partial charge in [-0.15, -0.1) is 0 Å². The highest BCUT2D eigenvalue weighted by molar-refractivity contribution is 4.89. The number of hydrogen-bond acceptors (Lipinski definition) is 2. The van der Waals surface area contributed by atoms with Gasteiger partial charge in [-0.25, -0.2) is 0 Å². The maximum Gasteiger partial charge on any atom is 0.0221 e. The van der Waals surface area contributed by atoms with Crippen LogP contribution in [-0.4, -0.2) is 36.6 Å². The molecule has 1 aliphatic carbocycles. The monoisotopic (exact) mass is 266 g/mol. The number of nitrogens with zero attached hydrogens (tertiary/aromatic N) is 1. The molecule has 0 aromatic carbocycles. The molecule has 1 aliphatic heterocycles. The standard InChI is InChI=1S/C17H34N2/c1-5-14(4)17-12-19(16(6-2)10-18-17)11-15-8-7-13(3)9-15/h13-18H,5-12H2,1-4H3. The van der Waals surface area contributed by atoms with Crippen LogP contribution in [0.4, 0.5) is 0 Å². The van der Waals surface area contributed by atoms with Crippen molar-refractivity contribution in [3.63, 3.8) is 0 Å². The first-order valence-corrected chi connectivity index (χ1v) is 8.61. The molecule has 0 aromatic rings. The molecule has 2 heteroatoms.